The number of nitrogens with one attached hydrogen (secondary N) is 2. The second-order valence-electron chi connectivity index (χ2n) is 8.96. The van der Waals surface area contributed by atoms with E-state index in [1.54, 1.807) is 54.3 Å². The molecule has 1 saturated carbocycles. The Bertz CT molecular complexity index is 1330. The smallest absolute Gasteiger partial charge is 0.260 e. The molecule has 184 valence electrons. The van der Waals surface area contributed by atoms with E-state index in [0.717, 1.165) is 16.8 Å². The molecule has 2 atom stereocenters. The maximum absolute atomic E-state index is 12.6. The van der Waals surface area contributed by atoms with E-state index in [-0.39, 0.29) is 11.8 Å². The summed E-state index contributed by atoms with van der Waals surface area (Å²) >= 11 is 0. The molecule has 0 radical (unpaired) electrons. The molecule has 2 amide bonds. The molecular formula is C25H31N7O3. The number of aromatic amines is 1. The van der Waals surface area contributed by atoms with Gasteiger partial charge in [-0.25, -0.2) is 4.98 Å². The lowest BCUT2D eigenvalue weighted by Crippen LogP contribution is -2.38. The largest absolute Gasteiger partial charge is 0.496 e. The zero-order chi connectivity index (χ0) is 24.9. The number of nitrogens with zero attached hydrogens (tertiary/aromatic N) is 5. The first kappa shape index (κ1) is 24.2. The standard InChI is InChI=1S/C15H12N6O2.C10H19NO/c1-23-12-6-11-9(7-17-20-11)5-10(12)15(22)19-14-8-16-13-3-2-4-18-21(13)14;1-8-5-4-6-10(7-8)11(3)9(2)12/h2-8H,1H3,(H,17,20)(H,19,22);8,10H,4-7H2,1-3H3. The Labute approximate surface area is 203 Å². The Balaban J connectivity index is 0.000000204. The van der Waals surface area contributed by atoms with E-state index in [9.17, 15) is 9.59 Å². The first-order valence-corrected chi connectivity index (χ1v) is 11.7. The zero-order valence-corrected chi connectivity index (χ0v) is 20.5. The highest BCUT2D eigenvalue weighted by Crippen LogP contribution is 2.27. The van der Waals surface area contributed by atoms with Gasteiger partial charge in [0.05, 0.1) is 30.6 Å². The van der Waals surface area contributed by atoms with Gasteiger partial charge in [0.15, 0.2) is 11.5 Å². The predicted octanol–water partition coefficient (Wildman–Crippen LogP) is 3.91. The van der Waals surface area contributed by atoms with Crippen molar-refractivity contribution >= 4 is 34.2 Å². The maximum atomic E-state index is 12.6. The van der Waals surface area contributed by atoms with Gasteiger partial charge in [-0.1, -0.05) is 19.8 Å². The van der Waals surface area contributed by atoms with Crippen LogP contribution in [0.4, 0.5) is 5.82 Å². The minimum Gasteiger partial charge on any atom is -0.496 e. The van der Waals surface area contributed by atoms with Crippen LogP contribution in [0.25, 0.3) is 16.6 Å². The zero-order valence-electron chi connectivity index (χ0n) is 20.5. The third-order valence-corrected chi connectivity index (χ3v) is 6.48. The molecule has 1 aliphatic carbocycles. The summed E-state index contributed by atoms with van der Waals surface area (Å²) in [6.07, 6.45) is 9.84. The number of H-pyrrole nitrogens is 1. The van der Waals surface area contributed by atoms with Crippen LogP contribution in [0.1, 0.15) is 49.9 Å². The van der Waals surface area contributed by atoms with Crippen molar-refractivity contribution in [3.63, 3.8) is 0 Å². The summed E-state index contributed by atoms with van der Waals surface area (Å²) in [5, 5.41) is 14.6. The lowest BCUT2D eigenvalue weighted by molar-refractivity contribution is -0.130. The Morgan fingerprint density at radius 3 is 2.83 bits per heavy atom. The number of methoxy groups -OCH3 is 1. The average molecular weight is 478 g/mol. The molecule has 0 aliphatic heterocycles. The van der Waals surface area contributed by atoms with E-state index < -0.39 is 0 Å². The fourth-order valence-electron chi connectivity index (χ4n) is 4.43. The molecule has 2 unspecified atom stereocenters. The fraction of sp³-hybridized carbons (Fsp3) is 0.400. The molecule has 1 aromatic carbocycles. The molecule has 1 aliphatic rings. The van der Waals surface area contributed by atoms with Gasteiger partial charge in [0.1, 0.15) is 5.75 Å². The van der Waals surface area contributed by atoms with E-state index in [1.165, 1.54) is 32.8 Å². The normalized spacial score (nSPS) is 17.5. The van der Waals surface area contributed by atoms with Crippen molar-refractivity contribution in [3.8, 4) is 5.75 Å². The second-order valence-corrected chi connectivity index (χ2v) is 8.96. The Morgan fingerprint density at radius 2 is 2.09 bits per heavy atom. The van der Waals surface area contributed by atoms with Gasteiger partial charge >= 0.3 is 0 Å². The molecule has 3 aromatic heterocycles. The number of aromatic nitrogens is 5. The summed E-state index contributed by atoms with van der Waals surface area (Å²) in [5.41, 5.74) is 1.86. The molecule has 3 heterocycles. The van der Waals surface area contributed by atoms with Crippen LogP contribution in [0.15, 0.2) is 42.9 Å². The van der Waals surface area contributed by atoms with Gasteiger partial charge in [0.2, 0.25) is 5.91 Å². The Hall–Kier alpha value is -3.95. The SMILES string of the molecule is CC(=O)N(C)C1CCCC(C)C1.COc1cc2[nH]ncc2cc1C(=O)Nc1cnc2cccnn12. The first-order valence-electron chi connectivity index (χ1n) is 11.7. The average Bonchev–Trinajstić information content (AvgIpc) is 3.49. The highest BCUT2D eigenvalue weighted by Gasteiger charge is 2.23. The van der Waals surface area contributed by atoms with Crippen molar-refractivity contribution in [2.24, 2.45) is 5.92 Å². The van der Waals surface area contributed by atoms with Gasteiger partial charge in [-0.2, -0.15) is 14.7 Å². The van der Waals surface area contributed by atoms with Crippen LogP contribution < -0.4 is 10.1 Å². The van der Waals surface area contributed by atoms with Crippen molar-refractivity contribution < 1.29 is 14.3 Å². The summed E-state index contributed by atoms with van der Waals surface area (Å²) in [6, 6.07) is 7.56. The predicted molar refractivity (Wildman–Crippen MR) is 133 cm³/mol. The minimum atomic E-state index is -0.308. The Kier molecular flexibility index (Phi) is 7.28. The van der Waals surface area contributed by atoms with E-state index in [0.29, 0.717) is 28.8 Å². The monoisotopic (exact) mass is 477 g/mol. The van der Waals surface area contributed by atoms with Crippen molar-refractivity contribution in [1.82, 2.24) is 29.7 Å². The number of anilines is 1. The third-order valence-electron chi connectivity index (χ3n) is 6.48. The number of carbonyl (C=O) groups is 2. The molecule has 1 fully saturated rings. The van der Waals surface area contributed by atoms with Crippen molar-refractivity contribution in [2.75, 3.05) is 19.5 Å². The molecule has 4 aromatic rings. The molecule has 10 nitrogen and oxygen atoms in total. The number of benzene rings is 1. The van der Waals surface area contributed by atoms with Gasteiger partial charge in [-0.3, -0.25) is 14.7 Å². The molecule has 35 heavy (non-hydrogen) atoms. The van der Waals surface area contributed by atoms with Crippen LogP contribution in [0.2, 0.25) is 0 Å². The second kappa shape index (κ2) is 10.5. The van der Waals surface area contributed by atoms with E-state index in [1.807, 2.05) is 11.9 Å². The van der Waals surface area contributed by atoms with Crippen LogP contribution in [0.5, 0.6) is 5.75 Å². The number of fused-ring (bicyclic) bond motifs is 2. The topological polar surface area (TPSA) is 118 Å². The summed E-state index contributed by atoms with van der Waals surface area (Å²) in [4.78, 5) is 29.8. The quantitative estimate of drug-likeness (QED) is 0.460. The number of rotatable bonds is 4. The van der Waals surface area contributed by atoms with Crippen LogP contribution in [0, 0.1) is 5.92 Å². The fourth-order valence-corrected chi connectivity index (χ4v) is 4.43. The Morgan fingerprint density at radius 1 is 1.26 bits per heavy atom. The number of imidazole rings is 1. The number of hydrogen-bond acceptors (Lipinski definition) is 6. The van der Waals surface area contributed by atoms with Crippen LogP contribution in [-0.2, 0) is 4.79 Å². The first-order chi connectivity index (χ1) is 16.9. The van der Waals surface area contributed by atoms with Gasteiger partial charge in [0.25, 0.3) is 5.91 Å². The molecule has 0 bridgehead atoms. The molecule has 5 rings (SSSR count). The summed E-state index contributed by atoms with van der Waals surface area (Å²) < 4.78 is 6.86. The minimum absolute atomic E-state index is 0.203. The van der Waals surface area contributed by atoms with E-state index >= 15 is 0 Å². The summed E-state index contributed by atoms with van der Waals surface area (Å²) in [5.74, 6) is 1.64. The lowest BCUT2D eigenvalue weighted by Gasteiger charge is -2.33. The number of carbonyl (C=O) groups excluding carboxylic acids is 2. The van der Waals surface area contributed by atoms with Crippen LogP contribution in [0.3, 0.4) is 0 Å². The van der Waals surface area contributed by atoms with E-state index in [2.05, 4.69) is 32.5 Å². The molecule has 2 N–H and O–H groups in total. The van der Waals surface area contributed by atoms with Crippen molar-refractivity contribution in [3.05, 3.63) is 48.4 Å². The lowest BCUT2D eigenvalue weighted by atomic mass is 9.86. The molecule has 0 spiro atoms. The van der Waals surface area contributed by atoms with Crippen LogP contribution >= 0.6 is 0 Å². The van der Waals surface area contributed by atoms with Crippen LogP contribution in [-0.4, -0.2) is 61.7 Å². The van der Waals surface area contributed by atoms with Crippen molar-refractivity contribution in [1.29, 1.82) is 0 Å². The van der Waals surface area contributed by atoms with Gasteiger partial charge < -0.3 is 15.0 Å². The van der Waals surface area contributed by atoms with Gasteiger partial charge in [-0.15, -0.1) is 0 Å². The molecular weight excluding hydrogens is 446 g/mol. The van der Waals surface area contributed by atoms with Crippen molar-refractivity contribution in [2.45, 2.75) is 45.6 Å². The third kappa shape index (κ3) is 5.42. The number of hydrogen-bond donors (Lipinski definition) is 2. The number of ether oxygens (including phenoxy) is 1. The molecule has 10 heteroatoms. The van der Waals surface area contributed by atoms with Gasteiger partial charge in [-0.05, 0) is 37.0 Å². The molecule has 0 saturated heterocycles. The maximum Gasteiger partial charge on any atom is 0.260 e. The van der Waals surface area contributed by atoms with E-state index in [4.69, 9.17) is 4.74 Å². The summed E-state index contributed by atoms with van der Waals surface area (Å²) in [7, 11) is 3.44. The number of amides is 2. The summed E-state index contributed by atoms with van der Waals surface area (Å²) in [6.45, 7) is 3.93. The highest BCUT2D eigenvalue weighted by molar-refractivity contribution is 6.08. The highest BCUT2D eigenvalue weighted by atomic mass is 16.5. The van der Waals surface area contributed by atoms with Gasteiger partial charge in [0, 0.05) is 37.7 Å².